The summed E-state index contributed by atoms with van der Waals surface area (Å²) in [6, 6.07) is 5.28. The van der Waals surface area contributed by atoms with E-state index >= 15 is 0 Å². The molecule has 94 valence electrons. The summed E-state index contributed by atoms with van der Waals surface area (Å²) >= 11 is 1.83. The van der Waals surface area contributed by atoms with Crippen LogP contribution in [0.1, 0.15) is 26.3 Å². The fourth-order valence-corrected chi connectivity index (χ4v) is 2.13. The van der Waals surface area contributed by atoms with Gasteiger partial charge in [0, 0.05) is 18.4 Å². The third-order valence-corrected chi connectivity index (χ3v) is 3.37. The number of nitrogens with zero attached hydrogens (tertiary/aromatic N) is 1. The van der Waals surface area contributed by atoms with Crippen LogP contribution in [0.25, 0.3) is 0 Å². The fraction of sp³-hybridized carbons (Fsp3) is 0.500. The van der Waals surface area contributed by atoms with Gasteiger partial charge in [0.05, 0.1) is 4.92 Å². The highest BCUT2D eigenvalue weighted by Gasteiger charge is 2.13. The van der Waals surface area contributed by atoms with Crippen LogP contribution in [-0.2, 0) is 5.75 Å². The molecular weight excluding hydrogens is 236 g/mol. The maximum atomic E-state index is 10.8. The van der Waals surface area contributed by atoms with Gasteiger partial charge in [0.25, 0.3) is 5.69 Å². The quantitative estimate of drug-likeness (QED) is 0.621. The minimum absolute atomic E-state index is 0.144. The molecule has 4 nitrogen and oxygen atoms in total. The predicted molar refractivity (Wildman–Crippen MR) is 73.7 cm³/mol. The van der Waals surface area contributed by atoms with Crippen molar-refractivity contribution < 1.29 is 4.92 Å². The maximum absolute atomic E-state index is 10.8. The summed E-state index contributed by atoms with van der Waals surface area (Å²) in [6.07, 6.45) is 0. The Bertz CT molecular complexity index is 394. The second kappa shape index (κ2) is 6.49. The summed E-state index contributed by atoms with van der Waals surface area (Å²) in [5.41, 5.74) is 1.87. The van der Waals surface area contributed by atoms with Crippen LogP contribution in [0.2, 0.25) is 0 Å². The number of thioether (sulfide) groups is 1. The van der Waals surface area contributed by atoms with Gasteiger partial charge >= 0.3 is 0 Å². The van der Waals surface area contributed by atoms with E-state index in [1.54, 1.807) is 6.07 Å². The Morgan fingerprint density at radius 1 is 1.47 bits per heavy atom. The van der Waals surface area contributed by atoms with Crippen molar-refractivity contribution in [2.75, 3.05) is 11.9 Å². The molecule has 1 N–H and O–H groups in total. The Morgan fingerprint density at radius 3 is 2.71 bits per heavy atom. The lowest BCUT2D eigenvalue weighted by Gasteiger charge is -2.08. The predicted octanol–water partition coefficient (Wildman–Crippen LogP) is 3.67. The normalized spacial score (nSPS) is 10.6. The minimum Gasteiger partial charge on any atom is -0.380 e. The van der Waals surface area contributed by atoms with Gasteiger partial charge in [0.15, 0.2) is 0 Å². The topological polar surface area (TPSA) is 55.2 Å². The van der Waals surface area contributed by atoms with Gasteiger partial charge in [-0.3, -0.25) is 10.1 Å². The average molecular weight is 254 g/mol. The van der Waals surface area contributed by atoms with Crippen molar-refractivity contribution in [1.29, 1.82) is 0 Å². The lowest BCUT2D eigenvalue weighted by molar-refractivity contribution is -0.384. The van der Waals surface area contributed by atoms with E-state index in [1.165, 1.54) is 0 Å². The third-order valence-electron chi connectivity index (χ3n) is 2.21. The number of nitrogens with one attached hydrogen (secondary N) is 1. The molecule has 1 aromatic carbocycles. The van der Waals surface area contributed by atoms with Crippen LogP contribution in [-0.4, -0.2) is 16.7 Å². The first-order valence-corrected chi connectivity index (χ1v) is 6.72. The molecule has 0 atom stereocenters. The number of hydrogen-bond donors (Lipinski definition) is 1. The van der Waals surface area contributed by atoms with Crippen LogP contribution in [0, 0.1) is 10.1 Å². The van der Waals surface area contributed by atoms with E-state index in [2.05, 4.69) is 19.2 Å². The molecule has 0 aliphatic carbocycles. The maximum Gasteiger partial charge on any atom is 0.292 e. The van der Waals surface area contributed by atoms with Crippen LogP contribution in [0.5, 0.6) is 0 Å². The van der Waals surface area contributed by atoms with Crippen molar-refractivity contribution in [2.24, 2.45) is 0 Å². The highest BCUT2D eigenvalue weighted by molar-refractivity contribution is 7.99. The molecule has 5 heteroatoms. The molecule has 17 heavy (non-hydrogen) atoms. The molecule has 0 saturated heterocycles. The lowest BCUT2D eigenvalue weighted by atomic mass is 10.2. The molecule has 0 amide bonds. The van der Waals surface area contributed by atoms with Crippen LogP contribution >= 0.6 is 11.8 Å². The highest BCUT2D eigenvalue weighted by Crippen LogP contribution is 2.27. The van der Waals surface area contributed by atoms with E-state index < -0.39 is 0 Å². The first-order chi connectivity index (χ1) is 8.04. The van der Waals surface area contributed by atoms with Gasteiger partial charge in [-0.1, -0.05) is 19.9 Å². The molecule has 0 saturated carbocycles. The Balaban J connectivity index is 2.89. The number of benzene rings is 1. The van der Waals surface area contributed by atoms with Crippen LogP contribution in [0.3, 0.4) is 0 Å². The van der Waals surface area contributed by atoms with E-state index in [9.17, 15) is 10.1 Å². The molecule has 0 radical (unpaired) electrons. The SMILES string of the molecule is CCNc1cc(CSC(C)C)ccc1[N+](=O)[O-]. The minimum atomic E-state index is -0.350. The van der Waals surface area contributed by atoms with Gasteiger partial charge in [-0.2, -0.15) is 11.8 Å². The van der Waals surface area contributed by atoms with Gasteiger partial charge in [0.2, 0.25) is 0 Å². The Morgan fingerprint density at radius 2 is 2.18 bits per heavy atom. The fourth-order valence-electron chi connectivity index (χ4n) is 1.43. The summed E-state index contributed by atoms with van der Waals surface area (Å²) < 4.78 is 0. The largest absolute Gasteiger partial charge is 0.380 e. The molecule has 0 fully saturated rings. The summed E-state index contributed by atoms with van der Waals surface area (Å²) in [5, 5.41) is 14.4. The molecule has 0 spiro atoms. The van der Waals surface area contributed by atoms with Gasteiger partial charge in [-0.05, 0) is 23.8 Å². The second-order valence-electron chi connectivity index (χ2n) is 4.00. The monoisotopic (exact) mass is 254 g/mol. The van der Waals surface area contributed by atoms with Crippen molar-refractivity contribution in [3.8, 4) is 0 Å². The molecule has 0 aliphatic heterocycles. The average Bonchev–Trinajstić information content (AvgIpc) is 2.26. The number of nitro groups is 1. The van der Waals surface area contributed by atoms with E-state index in [4.69, 9.17) is 0 Å². The van der Waals surface area contributed by atoms with E-state index in [1.807, 2.05) is 30.8 Å². The van der Waals surface area contributed by atoms with Crippen molar-refractivity contribution in [3.05, 3.63) is 33.9 Å². The van der Waals surface area contributed by atoms with Gasteiger partial charge in [-0.25, -0.2) is 0 Å². The Labute approximate surface area is 106 Å². The van der Waals surface area contributed by atoms with E-state index in [0.717, 1.165) is 11.3 Å². The number of hydrogen-bond acceptors (Lipinski definition) is 4. The zero-order valence-electron chi connectivity index (χ0n) is 10.4. The summed E-state index contributed by atoms with van der Waals surface area (Å²) in [5.74, 6) is 0.883. The van der Waals surface area contributed by atoms with Crippen molar-refractivity contribution in [2.45, 2.75) is 31.8 Å². The van der Waals surface area contributed by atoms with Crippen molar-refractivity contribution in [1.82, 2.24) is 0 Å². The summed E-state index contributed by atoms with van der Waals surface area (Å²) in [4.78, 5) is 10.5. The smallest absolute Gasteiger partial charge is 0.292 e. The van der Waals surface area contributed by atoms with E-state index in [0.29, 0.717) is 17.5 Å². The van der Waals surface area contributed by atoms with Crippen molar-refractivity contribution >= 4 is 23.1 Å². The Hall–Kier alpha value is -1.23. The molecule has 0 aromatic heterocycles. The first kappa shape index (κ1) is 13.8. The van der Waals surface area contributed by atoms with Crippen LogP contribution in [0.15, 0.2) is 18.2 Å². The molecule has 1 aromatic rings. The first-order valence-electron chi connectivity index (χ1n) is 5.67. The Kier molecular flexibility index (Phi) is 5.28. The van der Waals surface area contributed by atoms with Gasteiger partial charge in [0.1, 0.15) is 5.69 Å². The van der Waals surface area contributed by atoms with E-state index in [-0.39, 0.29) is 10.6 Å². The van der Waals surface area contributed by atoms with Gasteiger partial charge in [-0.15, -0.1) is 0 Å². The molecule has 0 aliphatic rings. The number of nitro benzene ring substituents is 1. The van der Waals surface area contributed by atoms with Crippen molar-refractivity contribution in [3.63, 3.8) is 0 Å². The van der Waals surface area contributed by atoms with Crippen LogP contribution in [0.4, 0.5) is 11.4 Å². The van der Waals surface area contributed by atoms with Crippen LogP contribution < -0.4 is 5.32 Å². The molecular formula is C12H18N2O2S. The number of anilines is 1. The number of rotatable bonds is 6. The zero-order chi connectivity index (χ0) is 12.8. The summed E-state index contributed by atoms with van der Waals surface area (Å²) in [7, 11) is 0. The molecule has 0 bridgehead atoms. The second-order valence-corrected chi connectivity index (χ2v) is 5.56. The third kappa shape index (κ3) is 4.26. The lowest BCUT2D eigenvalue weighted by Crippen LogP contribution is -2.02. The highest BCUT2D eigenvalue weighted by atomic mass is 32.2. The zero-order valence-corrected chi connectivity index (χ0v) is 11.2. The standard InChI is InChI=1S/C12H18N2O2S/c1-4-13-11-7-10(8-17-9(2)3)5-6-12(11)14(15)16/h5-7,9,13H,4,8H2,1-3H3. The molecule has 0 unspecified atom stereocenters. The van der Waals surface area contributed by atoms with Gasteiger partial charge < -0.3 is 5.32 Å². The summed E-state index contributed by atoms with van der Waals surface area (Å²) in [6.45, 7) is 6.89. The molecule has 1 rings (SSSR count). The molecule has 0 heterocycles.